The molecule has 1 heterocycles. The van der Waals surface area contributed by atoms with Crippen molar-refractivity contribution in [2.75, 3.05) is 6.61 Å². The molecule has 1 aliphatic rings. The Hall–Kier alpha value is -2.17. The summed E-state index contributed by atoms with van der Waals surface area (Å²) in [6, 6.07) is 4.88. The van der Waals surface area contributed by atoms with E-state index in [2.05, 4.69) is 4.99 Å². The number of aliphatic imine (C=N–C) groups is 1. The Bertz CT molecular complexity index is 507. The number of carbonyl (C=O) groups excluding carboxylic acids is 1. The average Bonchev–Trinajstić information content (AvgIpc) is 2.30. The van der Waals surface area contributed by atoms with Crippen molar-refractivity contribution in [2.24, 2.45) is 10.9 Å². The first-order valence-corrected chi connectivity index (χ1v) is 5.21. The third-order valence-corrected chi connectivity index (χ3v) is 2.46. The van der Waals surface area contributed by atoms with Crippen molar-refractivity contribution in [1.29, 1.82) is 0 Å². The molecule has 1 aliphatic heterocycles. The maximum absolute atomic E-state index is 11.9. The third-order valence-electron chi connectivity index (χ3n) is 2.46. The first-order chi connectivity index (χ1) is 8.13. The summed E-state index contributed by atoms with van der Waals surface area (Å²) in [6.45, 7) is 2.32. The molecule has 1 aromatic carbocycles. The number of carboxylic acid groups (broad SMARTS) is 1. The van der Waals surface area contributed by atoms with Gasteiger partial charge >= 0.3 is 5.97 Å². The Labute approximate surface area is 97.7 Å². The molecule has 17 heavy (non-hydrogen) atoms. The zero-order valence-electron chi connectivity index (χ0n) is 9.21. The summed E-state index contributed by atoms with van der Waals surface area (Å²) in [5, 5.41) is 8.86. The Morgan fingerprint density at radius 3 is 2.94 bits per heavy atom. The second-order valence-corrected chi connectivity index (χ2v) is 3.57. The van der Waals surface area contributed by atoms with Crippen molar-refractivity contribution < 1.29 is 19.4 Å². The first kappa shape index (κ1) is 11.3. The summed E-state index contributed by atoms with van der Waals surface area (Å²) < 4.78 is 5.26. The van der Waals surface area contributed by atoms with Crippen molar-refractivity contribution >= 4 is 23.7 Å². The molecule has 0 bridgehead atoms. The van der Waals surface area contributed by atoms with Crippen molar-refractivity contribution in [1.82, 2.24) is 0 Å². The van der Waals surface area contributed by atoms with E-state index in [1.807, 2.05) is 6.92 Å². The fourth-order valence-electron chi connectivity index (χ4n) is 1.65. The number of aliphatic carboxylic acids is 1. The number of fused-ring (bicyclic) bond motifs is 1. The maximum atomic E-state index is 11.9. The zero-order valence-corrected chi connectivity index (χ0v) is 9.21. The minimum Gasteiger partial charge on any atom is -0.494 e. The molecular formula is C12H11NO4. The van der Waals surface area contributed by atoms with Gasteiger partial charge in [0.15, 0.2) is 11.7 Å². The largest absolute Gasteiger partial charge is 0.494 e. The lowest BCUT2D eigenvalue weighted by atomic mass is 9.94. The SMILES string of the molecule is CCOc1ccc2c(c1)C(=O)C(C(=O)O)C=N2. The third kappa shape index (κ3) is 2.04. The molecule has 88 valence electrons. The van der Waals surface area contributed by atoms with Crippen LogP contribution in [-0.4, -0.2) is 29.7 Å². The highest BCUT2D eigenvalue weighted by molar-refractivity contribution is 6.22. The molecule has 1 N–H and O–H groups in total. The Balaban J connectivity index is 2.41. The van der Waals surface area contributed by atoms with E-state index in [0.29, 0.717) is 23.6 Å². The zero-order chi connectivity index (χ0) is 12.4. The average molecular weight is 233 g/mol. The number of ether oxygens (including phenoxy) is 1. The lowest BCUT2D eigenvalue weighted by molar-refractivity contribution is -0.137. The van der Waals surface area contributed by atoms with Gasteiger partial charge in [0.25, 0.3) is 0 Å². The molecule has 0 radical (unpaired) electrons. The Kier molecular flexibility index (Phi) is 2.91. The van der Waals surface area contributed by atoms with E-state index in [4.69, 9.17) is 9.84 Å². The van der Waals surface area contributed by atoms with Gasteiger partial charge in [0.1, 0.15) is 5.75 Å². The molecule has 0 saturated heterocycles. The monoisotopic (exact) mass is 233 g/mol. The molecule has 1 aromatic rings. The van der Waals surface area contributed by atoms with E-state index in [9.17, 15) is 9.59 Å². The van der Waals surface area contributed by atoms with E-state index < -0.39 is 17.7 Å². The van der Waals surface area contributed by atoms with Gasteiger partial charge in [0, 0.05) is 11.8 Å². The molecule has 2 rings (SSSR count). The second-order valence-electron chi connectivity index (χ2n) is 3.57. The van der Waals surface area contributed by atoms with E-state index >= 15 is 0 Å². The minimum atomic E-state index is -1.20. The smallest absolute Gasteiger partial charge is 0.319 e. The van der Waals surface area contributed by atoms with Crippen LogP contribution >= 0.6 is 0 Å². The number of hydrogen-bond acceptors (Lipinski definition) is 4. The van der Waals surface area contributed by atoms with Gasteiger partial charge in [-0.1, -0.05) is 0 Å². The van der Waals surface area contributed by atoms with E-state index in [1.165, 1.54) is 6.07 Å². The van der Waals surface area contributed by atoms with Crippen LogP contribution in [0.2, 0.25) is 0 Å². The lowest BCUT2D eigenvalue weighted by Gasteiger charge is -2.15. The summed E-state index contributed by atoms with van der Waals surface area (Å²) in [4.78, 5) is 26.7. The van der Waals surface area contributed by atoms with Gasteiger partial charge in [0.2, 0.25) is 0 Å². The topological polar surface area (TPSA) is 76.0 Å². The van der Waals surface area contributed by atoms with Crippen molar-refractivity contribution in [3.05, 3.63) is 23.8 Å². The minimum absolute atomic E-state index is 0.297. The molecule has 1 atom stereocenters. The summed E-state index contributed by atoms with van der Waals surface area (Å²) in [6.07, 6.45) is 1.16. The van der Waals surface area contributed by atoms with Crippen LogP contribution in [0.3, 0.4) is 0 Å². The van der Waals surface area contributed by atoms with Crippen molar-refractivity contribution in [2.45, 2.75) is 6.92 Å². The molecule has 0 amide bonds. The summed E-state index contributed by atoms with van der Waals surface area (Å²) in [5.41, 5.74) is 0.779. The van der Waals surface area contributed by atoms with E-state index in [1.54, 1.807) is 12.1 Å². The van der Waals surface area contributed by atoms with Crippen molar-refractivity contribution in [3.63, 3.8) is 0 Å². The molecule has 0 aromatic heterocycles. The number of carbonyl (C=O) groups is 2. The molecular weight excluding hydrogens is 222 g/mol. The van der Waals surface area contributed by atoms with Gasteiger partial charge < -0.3 is 9.84 Å². The number of ketones is 1. The highest BCUT2D eigenvalue weighted by Crippen LogP contribution is 2.29. The highest BCUT2D eigenvalue weighted by atomic mass is 16.5. The molecule has 0 spiro atoms. The number of nitrogens with zero attached hydrogens (tertiary/aromatic N) is 1. The normalized spacial score (nSPS) is 17.7. The molecule has 5 nitrogen and oxygen atoms in total. The number of rotatable bonds is 3. The van der Waals surface area contributed by atoms with Crippen LogP contribution in [0.1, 0.15) is 17.3 Å². The standard InChI is InChI=1S/C12H11NO4/c1-2-17-7-3-4-10-8(5-7)11(14)9(6-13-10)12(15)16/h3-6,9H,2H2,1H3,(H,15,16). The van der Waals surface area contributed by atoms with Crippen LogP contribution in [0.25, 0.3) is 0 Å². The number of Topliss-reactive ketones (excluding diaryl/α,β-unsaturated/α-hetero) is 1. The lowest BCUT2D eigenvalue weighted by Crippen LogP contribution is -2.27. The number of benzene rings is 1. The predicted molar refractivity (Wildman–Crippen MR) is 61.2 cm³/mol. The summed E-state index contributed by atoms with van der Waals surface area (Å²) in [5.74, 6) is -2.30. The second kappa shape index (κ2) is 4.37. The molecule has 0 saturated carbocycles. The van der Waals surface area contributed by atoms with Crippen molar-refractivity contribution in [3.8, 4) is 5.75 Å². The summed E-state index contributed by atoms with van der Waals surface area (Å²) in [7, 11) is 0. The van der Waals surface area contributed by atoms with Gasteiger partial charge in [-0.05, 0) is 25.1 Å². The van der Waals surface area contributed by atoms with Crippen LogP contribution < -0.4 is 4.74 Å². The number of hydrogen-bond donors (Lipinski definition) is 1. The fourth-order valence-corrected chi connectivity index (χ4v) is 1.65. The van der Waals surface area contributed by atoms with E-state index in [0.717, 1.165) is 6.21 Å². The molecule has 5 heteroatoms. The van der Waals surface area contributed by atoms with E-state index in [-0.39, 0.29) is 0 Å². The van der Waals surface area contributed by atoms with Crippen LogP contribution in [0.5, 0.6) is 5.75 Å². The van der Waals surface area contributed by atoms with Gasteiger partial charge in [-0.15, -0.1) is 0 Å². The molecule has 0 fully saturated rings. The van der Waals surface area contributed by atoms with Crippen LogP contribution in [0.4, 0.5) is 5.69 Å². The van der Waals surface area contributed by atoms with Crippen LogP contribution in [0, 0.1) is 5.92 Å². The van der Waals surface area contributed by atoms with Gasteiger partial charge in [-0.3, -0.25) is 14.6 Å². The predicted octanol–water partition coefficient (Wildman–Crippen LogP) is 1.68. The Morgan fingerprint density at radius 2 is 2.29 bits per heavy atom. The quantitative estimate of drug-likeness (QED) is 0.806. The van der Waals surface area contributed by atoms with Crippen LogP contribution in [0.15, 0.2) is 23.2 Å². The summed E-state index contributed by atoms with van der Waals surface area (Å²) >= 11 is 0. The first-order valence-electron chi connectivity index (χ1n) is 5.21. The molecule has 1 unspecified atom stereocenters. The Morgan fingerprint density at radius 1 is 1.53 bits per heavy atom. The van der Waals surface area contributed by atoms with Gasteiger partial charge in [-0.2, -0.15) is 0 Å². The maximum Gasteiger partial charge on any atom is 0.319 e. The fraction of sp³-hybridized carbons (Fsp3) is 0.250. The molecule has 0 aliphatic carbocycles. The number of carboxylic acids is 1. The van der Waals surface area contributed by atoms with Gasteiger partial charge in [0.05, 0.1) is 12.3 Å². The van der Waals surface area contributed by atoms with Crippen LogP contribution in [-0.2, 0) is 4.79 Å². The highest BCUT2D eigenvalue weighted by Gasteiger charge is 2.30. The van der Waals surface area contributed by atoms with Gasteiger partial charge in [-0.25, -0.2) is 0 Å².